The lowest BCUT2D eigenvalue weighted by Gasteiger charge is -2.10. The highest BCUT2D eigenvalue weighted by molar-refractivity contribution is 5.96. The number of hydrogen-bond donors (Lipinski definition) is 0. The number of carbonyl (C=O) groups excluding carboxylic acids is 1. The van der Waals surface area contributed by atoms with Gasteiger partial charge in [-0.25, -0.2) is 0 Å². The summed E-state index contributed by atoms with van der Waals surface area (Å²) in [5, 5.41) is 0. The summed E-state index contributed by atoms with van der Waals surface area (Å²) < 4.78 is 10.5. The van der Waals surface area contributed by atoms with Gasteiger partial charge in [-0.1, -0.05) is 6.92 Å². The highest BCUT2D eigenvalue weighted by atomic mass is 16.5. The van der Waals surface area contributed by atoms with Crippen LogP contribution in [-0.2, 0) is 0 Å². The second-order valence-electron chi connectivity index (χ2n) is 3.08. The standard InChI is InChI=1S/C12H16O3/c1-4-10(13)9-6-7-11(14-3)12(8-9)15-5-2/h6-8H,4-5H2,1-3H3. The first-order valence-electron chi connectivity index (χ1n) is 5.07. The van der Waals surface area contributed by atoms with Crippen molar-refractivity contribution >= 4 is 5.78 Å². The number of benzene rings is 1. The molecule has 0 saturated heterocycles. The van der Waals surface area contributed by atoms with Gasteiger partial charge in [-0.3, -0.25) is 4.79 Å². The Balaban J connectivity index is 3.04. The number of hydrogen-bond acceptors (Lipinski definition) is 3. The average molecular weight is 208 g/mol. The van der Waals surface area contributed by atoms with Gasteiger partial charge in [0.2, 0.25) is 0 Å². The first kappa shape index (κ1) is 11.6. The van der Waals surface area contributed by atoms with Gasteiger partial charge in [0.15, 0.2) is 17.3 Å². The molecular weight excluding hydrogens is 192 g/mol. The van der Waals surface area contributed by atoms with Crippen molar-refractivity contribution in [3.8, 4) is 11.5 Å². The number of rotatable bonds is 5. The number of carbonyl (C=O) groups is 1. The Kier molecular flexibility index (Phi) is 4.16. The number of methoxy groups -OCH3 is 1. The van der Waals surface area contributed by atoms with Crippen LogP contribution in [0.5, 0.6) is 11.5 Å². The van der Waals surface area contributed by atoms with Gasteiger partial charge in [0.25, 0.3) is 0 Å². The summed E-state index contributed by atoms with van der Waals surface area (Å²) in [6.45, 7) is 4.29. The van der Waals surface area contributed by atoms with Crippen LogP contribution >= 0.6 is 0 Å². The fourth-order valence-electron chi connectivity index (χ4n) is 1.32. The van der Waals surface area contributed by atoms with Gasteiger partial charge in [0.05, 0.1) is 13.7 Å². The van der Waals surface area contributed by atoms with E-state index in [4.69, 9.17) is 9.47 Å². The fourth-order valence-corrected chi connectivity index (χ4v) is 1.32. The maximum atomic E-state index is 11.5. The molecule has 0 N–H and O–H groups in total. The topological polar surface area (TPSA) is 35.5 Å². The van der Waals surface area contributed by atoms with E-state index in [1.54, 1.807) is 25.3 Å². The highest BCUT2D eigenvalue weighted by Gasteiger charge is 2.09. The Morgan fingerprint density at radius 2 is 2.00 bits per heavy atom. The van der Waals surface area contributed by atoms with Crippen LogP contribution < -0.4 is 9.47 Å². The molecule has 0 amide bonds. The largest absolute Gasteiger partial charge is 0.493 e. The number of Topliss-reactive ketones (excluding diaryl/α,β-unsaturated/α-hetero) is 1. The minimum atomic E-state index is 0.110. The monoisotopic (exact) mass is 208 g/mol. The van der Waals surface area contributed by atoms with E-state index in [0.29, 0.717) is 30.1 Å². The van der Waals surface area contributed by atoms with Crippen LogP contribution in [0.25, 0.3) is 0 Å². The molecule has 0 atom stereocenters. The second-order valence-corrected chi connectivity index (χ2v) is 3.08. The Labute approximate surface area is 90.0 Å². The van der Waals surface area contributed by atoms with Crippen LogP contribution in [0.4, 0.5) is 0 Å². The Bertz CT molecular complexity index is 345. The minimum Gasteiger partial charge on any atom is -0.493 e. The van der Waals surface area contributed by atoms with Crippen LogP contribution in [0.1, 0.15) is 30.6 Å². The molecule has 0 aromatic heterocycles. The van der Waals surface area contributed by atoms with Crippen LogP contribution in [-0.4, -0.2) is 19.5 Å². The average Bonchev–Trinajstić information content (AvgIpc) is 2.28. The van der Waals surface area contributed by atoms with Crippen molar-refractivity contribution in [1.82, 2.24) is 0 Å². The maximum Gasteiger partial charge on any atom is 0.162 e. The summed E-state index contributed by atoms with van der Waals surface area (Å²) in [5.74, 6) is 1.39. The molecule has 3 heteroatoms. The van der Waals surface area contributed by atoms with Gasteiger partial charge < -0.3 is 9.47 Å². The Hall–Kier alpha value is -1.51. The molecule has 0 aliphatic rings. The molecule has 0 spiro atoms. The molecule has 0 radical (unpaired) electrons. The highest BCUT2D eigenvalue weighted by Crippen LogP contribution is 2.28. The van der Waals surface area contributed by atoms with E-state index in [1.807, 2.05) is 13.8 Å². The van der Waals surface area contributed by atoms with Crippen LogP contribution in [0.15, 0.2) is 18.2 Å². The summed E-state index contributed by atoms with van der Waals surface area (Å²) in [7, 11) is 1.58. The van der Waals surface area contributed by atoms with Gasteiger partial charge in [0, 0.05) is 12.0 Å². The van der Waals surface area contributed by atoms with E-state index in [-0.39, 0.29) is 5.78 Å². The van der Waals surface area contributed by atoms with Gasteiger partial charge in [0.1, 0.15) is 0 Å². The van der Waals surface area contributed by atoms with E-state index >= 15 is 0 Å². The predicted octanol–water partition coefficient (Wildman–Crippen LogP) is 2.69. The first-order chi connectivity index (χ1) is 7.22. The van der Waals surface area contributed by atoms with Crippen molar-refractivity contribution in [3.05, 3.63) is 23.8 Å². The quantitative estimate of drug-likeness (QED) is 0.698. The third-order valence-corrected chi connectivity index (χ3v) is 2.11. The maximum absolute atomic E-state index is 11.5. The molecule has 1 aromatic rings. The van der Waals surface area contributed by atoms with Crippen molar-refractivity contribution in [2.75, 3.05) is 13.7 Å². The number of ether oxygens (including phenoxy) is 2. The molecule has 82 valence electrons. The van der Waals surface area contributed by atoms with Crippen LogP contribution in [0.3, 0.4) is 0 Å². The molecule has 0 fully saturated rings. The molecule has 0 aliphatic heterocycles. The van der Waals surface area contributed by atoms with E-state index < -0.39 is 0 Å². The lowest BCUT2D eigenvalue weighted by molar-refractivity contribution is 0.0987. The Morgan fingerprint density at radius 3 is 2.53 bits per heavy atom. The first-order valence-corrected chi connectivity index (χ1v) is 5.07. The molecule has 0 bridgehead atoms. The molecule has 0 aliphatic carbocycles. The molecule has 1 aromatic carbocycles. The third-order valence-electron chi connectivity index (χ3n) is 2.11. The molecule has 0 heterocycles. The predicted molar refractivity (Wildman–Crippen MR) is 58.8 cm³/mol. The van der Waals surface area contributed by atoms with Gasteiger partial charge >= 0.3 is 0 Å². The summed E-state index contributed by atoms with van der Waals surface area (Å²) in [4.78, 5) is 11.5. The van der Waals surface area contributed by atoms with Crippen molar-refractivity contribution in [1.29, 1.82) is 0 Å². The molecule has 0 unspecified atom stereocenters. The minimum absolute atomic E-state index is 0.110. The van der Waals surface area contributed by atoms with Gasteiger partial charge in [-0.05, 0) is 25.1 Å². The van der Waals surface area contributed by atoms with Crippen molar-refractivity contribution < 1.29 is 14.3 Å². The van der Waals surface area contributed by atoms with Crippen LogP contribution in [0.2, 0.25) is 0 Å². The smallest absolute Gasteiger partial charge is 0.162 e. The van der Waals surface area contributed by atoms with Crippen molar-refractivity contribution in [2.24, 2.45) is 0 Å². The van der Waals surface area contributed by atoms with Crippen LogP contribution in [0, 0.1) is 0 Å². The molecule has 0 saturated carbocycles. The lowest BCUT2D eigenvalue weighted by atomic mass is 10.1. The second kappa shape index (κ2) is 5.39. The summed E-state index contributed by atoms with van der Waals surface area (Å²) in [5.41, 5.74) is 0.668. The van der Waals surface area contributed by atoms with Gasteiger partial charge in [-0.15, -0.1) is 0 Å². The SMILES string of the molecule is CCOc1cc(C(=O)CC)ccc1OC. The zero-order valence-corrected chi connectivity index (χ0v) is 9.37. The van der Waals surface area contributed by atoms with Crippen molar-refractivity contribution in [3.63, 3.8) is 0 Å². The number of ketones is 1. The zero-order valence-electron chi connectivity index (χ0n) is 9.37. The van der Waals surface area contributed by atoms with Gasteiger partial charge in [-0.2, -0.15) is 0 Å². The third kappa shape index (κ3) is 2.72. The summed E-state index contributed by atoms with van der Waals surface area (Å²) in [6, 6.07) is 5.25. The fraction of sp³-hybridized carbons (Fsp3) is 0.417. The van der Waals surface area contributed by atoms with E-state index in [1.165, 1.54) is 0 Å². The van der Waals surface area contributed by atoms with E-state index in [0.717, 1.165) is 0 Å². The molecule has 15 heavy (non-hydrogen) atoms. The molecular formula is C12H16O3. The summed E-state index contributed by atoms with van der Waals surface area (Å²) in [6.07, 6.45) is 0.498. The summed E-state index contributed by atoms with van der Waals surface area (Å²) >= 11 is 0. The molecule has 3 nitrogen and oxygen atoms in total. The zero-order chi connectivity index (χ0) is 11.3. The lowest BCUT2D eigenvalue weighted by Crippen LogP contribution is -2.00. The normalized spacial score (nSPS) is 9.80. The molecule has 1 rings (SSSR count). The van der Waals surface area contributed by atoms with E-state index in [9.17, 15) is 4.79 Å². The Morgan fingerprint density at radius 1 is 1.27 bits per heavy atom. The van der Waals surface area contributed by atoms with E-state index in [2.05, 4.69) is 0 Å². The van der Waals surface area contributed by atoms with Crippen molar-refractivity contribution in [2.45, 2.75) is 20.3 Å².